The number of nitrogens with zero attached hydrogens (tertiary/aromatic N) is 2. The van der Waals surface area contributed by atoms with E-state index in [0.717, 1.165) is 19.3 Å². The van der Waals surface area contributed by atoms with Gasteiger partial charge in [-0.3, -0.25) is 14.4 Å². The van der Waals surface area contributed by atoms with Crippen LogP contribution < -0.4 is 16.4 Å². The number of nitrogens with one attached hydrogen (secondary N) is 2. The van der Waals surface area contributed by atoms with Crippen LogP contribution in [0.3, 0.4) is 0 Å². The third-order valence-corrected chi connectivity index (χ3v) is 6.31. The van der Waals surface area contributed by atoms with Gasteiger partial charge >= 0.3 is 0 Å². The predicted octanol–water partition coefficient (Wildman–Crippen LogP) is 2.15. The van der Waals surface area contributed by atoms with Crippen LogP contribution in [-0.2, 0) is 9.59 Å². The number of primary amides is 1. The predicted molar refractivity (Wildman–Crippen MR) is 115 cm³/mol. The molecule has 0 bridgehead atoms. The largest absolute Gasteiger partial charge is 0.364 e. The molecule has 2 aliphatic rings. The first-order chi connectivity index (χ1) is 15.4. The van der Waals surface area contributed by atoms with Gasteiger partial charge in [0.05, 0.1) is 6.07 Å². The van der Waals surface area contributed by atoms with Crippen LogP contribution in [-0.4, -0.2) is 34.9 Å². The van der Waals surface area contributed by atoms with Crippen LogP contribution in [0, 0.1) is 29.0 Å². The van der Waals surface area contributed by atoms with E-state index in [-0.39, 0.29) is 23.9 Å². The molecule has 2 heterocycles. The Morgan fingerprint density at radius 1 is 1.28 bits per heavy atom. The summed E-state index contributed by atoms with van der Waals surface area (Å²) in [4.78, 5) is 37.6. The van der Waals surface area contributed by atoms with E-state index in [0.29, 0.717) is 36.2 Å². The van der Waals surface area contributed by atoms with E-state index in [1.807, 2.05) is 0 Å². The van der Waals surface area contributed by atoms with Gasteiger partial charge in [-0.15, -0.1) is 0 Å². The molecule has 0 radical (unpaired) electrons. The number of aromatic nitrogens is 1. The number of fused-ring (bicyclic) bond motifs is 1. The van der Waals surface area contributed by atoms with Gasteiger partial charge < -0.3 is 20.9 Å². The molecule has 4 N–H and O–H groups in total. The maximum atomic E-state index is 13.8. The summed E-state index contributed by atoms with van der Waals surface area (Å²) in [7, 11) is 0. The number of nitrogens with two attached hydrogens (primary N) is 1. The normalized spacial score (nSPS) is 20.2. The average Bonchev–Trinajstić information content (AvgIpc) is 3.51. The Labute approximate surface area is 184 Å². The lowest BCUT2D eigenvalue weighted by atomic mass is 9.92. The fraction of sp³-hybridized carbons (Fsp3) is 0.478. The summed E-state index contributed by atoms with van der Waals surface area (Å²) in [5.74, 6) is -1.69. The van der Waals surface area contributed by atoms with Crippen molar-refractivity contribution in [2.24, 2.45) is 17.6 Å². The minimum absolute atomic E-state index is 0.102. The van der Waals surface area contributed by atoms with Crippen molar-refractivity contribution >= 4 is 28.6 Å². The first-order valence-corrected chi connectivity index (χ1v) is 11.0. The lowest BCUT2D eigenvalue weighted by Gasteiger charge is -2.26. The van der Waals surface area contributed by atoms with E-state index < -0.39 is 29.7 Å². The lowest BCUT2D eigenvalue weighted by molar-refractivity contribution is -0.128. The Morgan fingerprint density at radius 3 is 2.72 bits per heavy atom. The quantitative estimate of drug-likeness (QED) is 0.582. The van der Waals surface area contributed by atoms with E-state index in [2.05, 4.69) is 16.7 Å². The van der Waals surface area contributed by atoms with Gasteiger partial charge in [0, 0.05) is 23.4 Å². The molecular weight excluding hydrogens is 413 g/mol. The number of benzene rings is 1. The van der Waals surface area contributed by atoms with Crippen LogP contribution in [0.4, 0.5) is 4.39 Å². The van der Waals surface area contributed by atoms with Gasteiger partial charge in [-0.1, -0.05) is 12.8 Å². The smallest absolute Gasteiger partial charge is 0.265 e. The number of carbonyl (C=O) groups excluding carboxylic acids is 3. The van der Waals surface area contributed by atoms with Crippen molar-refractivity contribution in [3.8, 4) is 6.07 Å². The molecule has 1 aromatic heterocycles. The Balaban J connectivity index is 1.63. The first kappa shape index (κ1) is 21.8. The van der Waals surface area contributed by atoms with Crippen LogP contribution >= 0.6 is 0 Å². The Bertz CT molecular complexity index is 1100. The minimum atomic E-state index is -0.839. The Hall–Kier alpha value is -3.41. The zero-order chi connectivity index (χ0) is 22.8. The highest BCUT2D eigenvalue weighted by molar-refractivity contribution is 5.99. The molecule has 9 heteroatoms. The molecule has 1 aromatic carbocycles. The molecule has 0 unspecified atom stereocenters. The van der Waals surface area contributed by atoms with Crippen molar-refractivity contribution in [2.45, 2.75) is 50.6 Å². The standard InChI is InChI=1S/C23H26FN5O3/c24-16-5-6-18-15(9-16)11-19(21(26)30)29(18)20(8-13-3-4-13)23(32)28-17(12-25)10-14-2-1-7-27-22(14)31/h5-6,9,11,13-14,17,20H,1-4,7-8,10H2,(H2,26,30)(H,27,31)(H,28,32)/t14-,17-,20-/m0/s1. The average molecular weight is 439 g/mol. The van der Waals surface area contributed by atoms with E-state index in [4.69, 9.17) is 5.73 Å². The molecule has 1 saturated heterocycles. The summed E-state index contributed by atoms with van der Waals surface area (Å²) in [5.41, 5.74) is 6.23. The SMILES string of the molecule is N#C[C@H](C[C@@H]1CCCNC1=O)NC(=O)[C@H](CC1CC1)n1c(C(N)=O)cc2cc(F)ccc21. The van der Waals surface area contributed by atoms with E-state index >= 15 is 0 Å². The molecule has 1 aliphatic heterocycles. The summed E-state index contributed by atoms with van der Waals surface area (Å²) in [6, 6.07) is 6.06. The van der Waals surface area contributed by atoms with Gasteiger partial charge in [0.2, 0.25) is 11.8 Å². The highest BCUT2D eigenvalue weighted by Gasteiger charge is 2.35. The van der Waals surface area contributed by atoms with Crippen LogP contribution in [0.2, 0.25) is 0 Å². The second-order valence-electron chi connectivity index (χ2n) is 8.72. The van der Waals surface area contributed by atoms with Crippen molar-refractivity contribution in [2.75, 3.05) is 6.54 Å². The number of amides is 3. The lowest BCUT2D eigenvalue weighted by Crippen LogP contribution is -2.44. The molecule has 2 fully saturated rings. The van der Waals surface area contributed by atoms with Crippen molar-refractivity contribution in [3.63, 3.8) is 0 Å². The van der Waals surface area contributed by atoms with Crippen LogP contribution in [0.1, 0.15) is 55.1 Å². The highest BCUT2D eigenvalue weighted by atomic mass is 19.1. The van der Waals surface area contributed by atoms with E-state index in [1.165, 1.54) is 24.3 Å². The van der Waals surface area contributed by atoms with Crippen LogP contribution in [0.5, 0.6) is 0 Å². The number of piperidine rings is 1. The number of carbonyl (C=O) groups is 3. The molecule has 32 heavy (non-hydrogen) atoms. The second kappa shape index (κ2) is 8.99. The molecule has 3 atom stereocenters. The van der Waals surface area contributed by atoms with Gasteiger partial charge in [0.25, 0.3) is 5.91 Å². The monoisotopic (exact) mass is 439 g/mol. The summed E-state index contributed by atoms with van der Waals surface area (Å²) >= 11 is 0. The molecule has 1 saturated carbocycles. The summed E-state index contributed by atoms with van der Waals surface area (Å²) in [6.45, 7) is 0.625. The van der Waals surface area contributed by atoms with Gasteiger partial charge in [-0.25, -0.2) is 4.39 Å². The molecule has 4 rings (SSSR count). The molecule has 0 spiro atoms. The number of rotatable bonds is 8. The summed E-state index contributed by atoms with van der Waals surface area (Å²) < 4.78 is 15.3. The highest BCUT2D eigenvalue weighted by Crippen LogP contribution is 2.39. The van der Waals surface area contributed by atoms with Crippen molar-refractivity contribution in [1.29, 1.82) is 5.26 Å². The Morgan fingerprint density at radius 2 is 2.06 bits per heavy atom. The van der Waals surface area contributed by atoms with Crippen molar-refractivity contribution < 1.29 is 18.8 Å². The molecule has 1 aliphatic carbocycles. The summed E-state index contributed by atoms with van der Waals surface area (Å²) in [5, 5.41) is 15.7. The molecule has 2 aromatic rings. The van der Waals surface area contributed by atoms with Gasteiger partial charge in [0.1, 0.15) is 23.6 Å². The van der Waals surface area contributed by atoms with E-state index in [9.17, 15) is 24.0 Å². The van der Waals surface area contributed by atoms with Gasteiger partial charge in [-0.05, 0) is 55.9 Å². The maximum Gasteiger partial charge on any atom is 0.265 e. The zero-order valence-corrected chi connectivity index (χ0v) is 17.6. The zero-order valence-electron chi connectivity index (χ0n) is 17.6. The second-order valence-corrected chi connectivity index (χ2v) is 8.72. The topological polar surface area (TPSA) is 130 Å². The van der Waals surface area contributed by atoms with Crippen LogP contribution in [0.25, 0.3) is 10.9 Å². The maximum absolute atomic E-state index is 13.8. The minimum Gasteiger partial charge on any atom is -0.364 e. The van der Waals surface area contributed by atoms with E-state index in [1.54, 1.807) is 4.57 Å². The number of hydrogen-bond acceptors (Lipinski definition) is 4. The Kier molecular flexibility index (Phi) is 6.12. The third-order valence-electron chi connectivity index (χ3n) is 6.31. The number of hydrogen-bond donors (Lipinski definition) is 3. The summed E-state index contributed by atoms with van der Waals surface area (Å²) in [6.07, 6.45) is 4.17. The molecule has 168 valence electrons. The number of nitriles is 1. The number of halogens is 1. The van der Waals surface area contributed by atoms with Gasteiger partial charge in [0.15, 0.2) is 0 Å². The van der Waals surface area contributed by atoms with Crippen LogP contribution in [0.15, 0.2) is 24.3 Å². The first-order valence-electron chi connectivity index (χ1n) is 11.0. The van der Waals surface area contributed by atoms with Crippen molar-refractivity contribution in [3.05, 3.63) is 35.8 Å². The van der Waals surface area contributed by atoms with Crippen molar-refractivity contribution in [1.82, 2.24) is 15.2 Å². The fourth-order valence-electron chi connectivity index (χ4n) is 4.49. The third kappa shape index (κ3) is 4.59. The fourth-order valence-corrected chi connectivity index (χ4v) is 4.49. The van der Waals surface area contributed by atoms with Gasteiger partial charge in [-0.2, -0.15) is 5.26 Å². The molecule has 8 nitrogen and oxygen atoms in total. The molecule has 3 amide bonds. The molecular formula is C23H26FN5O3.